The number of rotatable bonds is 3. The molecule has 5 heteroatoms. The lowest BCUT2D eigenvalue weighted by Gasteiger charge is -2.11. The van der Waals surface area contributed by atoms with Crippen molar-refractivity contribution in [1.82, 2.24) is 4.98 Å². The van der Waals surface area contributed by atoms with Crippen LogP contribution in [0.2, 0.25) is 10.2 Å². The van der Waals surface area contributed by atoms with E-state index in [2.05, 4.69) is 10.3 Å². The first-order valence-corrected chi connectivity index (χ1v) is 6.16. The molecule has 2 rings (SSSR count). The molecule has 3 nitrogen and oxygen atoms in total. The Hall–Kier alpha value is -1.45. The second-order valence-corrected chi connectivity index (χ2v) is 4.72. The number of benzene rings is 1. The summed E-state index contributed by atoms with van der Waals surface area (Å²) in [5.74, 6) is 0.103. The summed E-state index contributed by atoms with van der Waals surface area (Å²) < 4.78 is 0. The van der Waals surface area contributed by atoms with E-state index in [4.69, 9.17) is 23.2 Å². The number of halogens is 2. The normalized spacial score (nSPS) is 10.4. The van der Waals surface area contributed by atoms with Gasteiger partial charge in [-0.25, -0.2) is 4.98 Å². The third-order valence-electron chi connectivity index (χ3n) is 2.62. The molecule has 0 aliphatic carbocycles. The van der Waals surface area contributed by atoms with Gasteiger partial charge in [0.25, 0.3) is 0 Å². The third-order valence-corrected chi connectivity index (χ3v) is 3.13. The monoisotopic (exact) mass is 282 g/mol. The fraction of sp³-hybridized carbons (Fsp3) is 0.154. The summed E-state index contributed by atoms with van der Waals surface area (Å²) in [7, 11) is 0. The van der Waals surface area contributed by atoms with E-state index in [9.17, 15) is 5.11 Å². The predicted octanol–water partition coefficient (Wildman–Crippen LogP) is 4.01. The summed E-state index contributed by atoms with van der Waals surface area (Å²) in [4.78, 5) is 4.01. The second-order valence-electron chi connectivity index (χ2n) is 3.92. The Morgan fingerprint density at radius 3 is 2.83 bits per heavy atom. The van der Waals surface area contributed by atoms with Gasteiger partial charge in [-0.15, -0.1) is 0 Å². The Kier molecular flexibility index (Phi) is 3.94. The molecule has 94 valence electrons. The average Bonchev–Trinajstić information content (AvgIpc) is 2.33. The number of nitrogens with zero attached hydrogens (tertiary/aromatic N) is 1. The van der Waals surface area contributed by atoms with Crippen LogP contribution in [0.1, 0.15) is 11.1 Å². The van der Waals surface area contributed by atoms with Gasteiger partial charge in [-0.1, -0.05) is 35.3 Å². The van der Waals surface area contributed by atoms with Gasteiger partial charge >= 0.3 is 0 Å². The maximum absolute atomic E-state index is 9.78. The summed E-state index contributed by atoms with van der Waals surface area (Å²) in [5.41, 5.74) is 2.60. The predicted molar refractivity (Wildman–Crippen MR) is 74.4 cm³/mol. The molecule has 1 aromatic carbocycles. The van der Waals surface area contributed by atoms with Crippen LogP contribution in [0, 0.1) is 6.92 Å². The van der Waals surface area contributed by atoms with Crippen molar-refractivity contribution in [2.24, 2.45) is 0 Å². The molecule has 2 aromatic rings. The lowest BCUT2D eigenvalue weighted by Crippen LogP contribution is -2.02. The molecule has 0 saturated heterocycles. The zero-order valence-corrected chi connectivity index (χ0v) is 11.3. The minimum atomic E-state index is 0.103. The number of aryl methyl sites for hydroxylation is 1. The van der Waals surface area contributed by atoms with Crippen molar-refractivity contribution in [2.75, 3.05) is 5.32 Å². The van der Waals surface area contributed by atoms with E-state index in [0.29, 0.717) is 16.7 Å². The molecule has 0 atom stereocenters. The Balaban J connectivity index is 2.14. The minimum absolute atomic E-state index is 0.103. The van der Waals surface area contributed by atoms with Crippen LogP contribution < -0.4 is 5.32 Å². The van der Waals surface area contributed by atoms with Gasteiger partial charge in [0.05, 0.1) is 16.9 Å². The Bertz CT molecular complexity index is 573. The van der Waals surface area contributed by atoms with Crippen molar-refractivity contribution in [1.29, 1.82) is 0 Å². The number of para-hydroxylation sites is 1. The first-order valence-electron chi connectivity index (χ1n) is 5.40. The highest BCUT2D eigenvalue weighted by atomic mass is 35.5. The van der Waals surface area contributed by atoms with Gasteiger partial charge in [-0.2, -0.15) is 0 Å². The number of phenols is 1. The summed E-state index contributed by atoms with van der Waals surface area (Å²) in [6, 6.07) is 7.04. The summed E-state index contributed by atoms with van der Waals surface area (Å²) >= 11 is 11.6. The van der Waals surface area contributed by atoms with Crippen molar-refractivity contribution < 1.29 is 5.11 Å². The van der Waals surface area contributed by atoms with E-state index in [1.807, 2.05) is 13.0 Å². The van der Waals surface area contributed by atoms with Crippen LogP contribution in [-0.2, 0) is 6.54 Å². The molecule has 18 heavy (non-hydrogen) atoms. The number of aromatic hydroxyl groups is 1. The van der Waals surface area contributed by atoms with Crippen molar-refractivity contribution in [3.8, 4) is 5.75 Å². The molecule has 0 bridgehead atoms. The molecular weight excluding hydrogens is 271 g/mol. The van der Waals surface area contributed by atoms with Gasteiger partial charge in [-0.05, 0) is 24.6 Å². The van der Waals surface area contributed by atoms with Gasteiger partial charge < -0.3 is 10.4 Å². The second kappa shape index (κ2) is 5.46. The number of aromatic nitrogens is 1. The molecule has 1 heterocycles. The maximum atomic E-state index is 9.78. The number of pyridine rings is 1. The van der Waals surface area contributed by atoms with Crippen molar-refractivity contribution in [2.45, 2.75) is 13.5 Å². The molecule has 0 aliphatic heterocycles. The lowest BCUT2D eigenvalue weighted by molar-refractivity contribution is 0.469. The highest BCUT2D eigenvalue weighted by Gasteiger charge is 2.06. The smallest absolute Gasteiger partial charge is 0.139 e. The van der Waals surface area contributed by atoms with E-state index in [-0.39, 0.29) is 5.75 Å². The molecule has 0 saturated carbocycles. The highest BCUT2D eigenvalue weighted by Crippen LogP contribution is 2.27. The van der Waals surface area contributed by atoms with Crippen LogP contribution in [0.4, 0.5) is 5.69 Å². The van der Waals surface area contributed by atoms with Gasteiger partial charge in [0.15, 0.2) is 0 Å². The van der Waals surface area contributed by atoms with Crippen molar-refractivity contribution >= 4 is 28.9 Å². The third kappa shape index (κ3) is 2.86. The van der Waals surface area contributed by atoms with Gasteiger partial charge in [0, 0.05) is 12.1 Å². The highest BCUT2D eigenvalue weighted by molar-refractivity contribution is 6.32. The van der Waals surface area contributed by atoms with E-state index < -0.39 is 0 Å². The Morgan fingerprint density at radius 2 is 2.11 bits per heavy atom. The summed E-state index contributed by atoms with van der Waals surface area (Å²) in [6.07, 6.45) is 1.67. The van der Waals surface area contributed by atoms with Crippen LogP contribution in [0.15, 0.2) is 30.5 Å². The molecule has 0 radical (unpaired) electrons. The summed E-state index contributed by atoms with van der Waals surface area (Å²) in [5, 5.41) is 13.8. The zero-order valence-electron chi connectivity index (χ0n) is 9.74. The SMILES string of the molecule is Cc1cc(Cl)ncc1NCc1cccc(Cl)c1O. The largest absolute Gasteiger partial charge is 0.506 e. The zero-order chi connectivity index (χ0) is 13.1. The first-order chi connectivity index (χ1) is 8.58. The fourth-order valence-electron chi connectivity index (χ4n) is 1.60. The van der Waals surface area contributed by atoms with Crippen LogP contribution in [-0.4, -0.2) is 10.1 Å². The maximum Gasteiger partial charge on any atom is 0.139 e. The fourth-order valence-corrected chi connectivity index (χ4v) is 2.01. The van der Waals surface area contributed by atoms with Gasteiger partial charge in [-0.3, -0.25) is 0 Å². The van der Waals surface area contributed by atoms with E-state index in [0.717, 1.165) is 16.8 Å². The van der Waals surface area contributed by atoms with Crippen LogP contribution in [0.3, 0.4) is 0 Å². The number of hydrogen-bond acceptors (Lipinski definition) is 3. The van der Waals surface area contributed by atoms with Crippen LogP contribution in [0.5, 0.6) is 5.75 Å². The standard InChI is InChI=1S/C13H12Cl2N2O/c1-8-5-12(15)17-7-11(8)16-6-9-3-2-4-10(14)13(9)18/h2-5,7,16,18H,6H2,1H3. The average molecular weight is 283 g/mol. The molecule has 1 aromatic heterocycles. The number of phenolic OH excluding ortho intramolecular Hbond substituents is 1. The molecule has 0 aliphatic rings. The van der Waals surface area contributed by atoms with Gasteiger partial charge in [0.2, 0.25) is 0 Å². The number of nitrogens with one attached hydrogen (secondary N) is 1. The number of anilines is 1. The molecule has 0 fully saturated rings. The Labute approximate surface area is 115 Å². The quantitative estimate of drug-likeness (QED) is 0.836. The molecule has 0 unspecified atom stereocenters. The van der Waals surface area contributed by atoms with Crippen molar-refractivity contribution in [3.05, 3.63) is 51.8 Å². The first kappa shape index (κ1) is 13.0. The van der Waals surface area contributed by atoms with E-state index >= 15 is 0 Å². The Morgan fingerprint density at radius 1 is 1.33 bits per heavy atom. The van der Waals surface area contributed by atoms with Crippen LogP contribution >= 0.6 is 23.2 Å². The van der Waals surface area contributed by atoms with E-state index in [1.54, 1.807) is 24.4 Å². The van der Waals surface area contributed by atoms with Crippen molar-refractivity contribution in [3.63, 3.8) is 0 Å². The lowest BCUT2D eigenvalue weighted by atomic mass is 10.2. The molecular formula is C13H12Cl2N2O. The number of hydrogen-bond donors (Lipinski definition) is 2. The molecule has 2 N–H and O–H groups in total. The minimum Gasteiger partial charge on any atom is -0.506 e. The summed E-state index contributed by atoms with van der Waals surface area (Å²) in [6.45, 7) is 2.41. The topological polar surface area (TPSA) is 45.2 Å². The van der Waals surface area contributed by atoms with Crippen LogP contribution in [0.25, 0.3) is 0 Å². The molecule has 0 spiro atoms. The van der Waals surface area contributed by atoms with Gasteiger partial charge in [0.1, 0.15) is 10.9 Å². The van der Waals surface area contributed by atoms with E-state index in [1.165, 1.54) is 0 Å². The molecule has 0 amide bonds.